The molecule has 28 heavy (non-hydrogen) atoms. The molecular formula is C24H32FN2O+. The van der Waals surface area contributed by atoms with Crippen LogP contribution in [-0.4, -0.2) is 30.4 Å². The Kier molecular flexibility index (Phi) is 7.61. The van der Waals surface area contributed by atoms with Gasteiger partial charge in [-0.05, 0) is 24.1 Å². The molecule has 2 aromatic carbocycles. The molecule has 150 valence electrons. The molecule has 1 aliphatic rings. The fourth-order valence-electron chi connectivity index (χ4n) is 4.02. The molecule has 1 saturated heterocycles. The monoisotopic (exact) mass is 383 g/mol. The van der Waals surface area contributed by atoms with Crippen molar-refractivity contribution < 1.29 is 14.1 Å². The molecule has 2 aromatic rings. The van der Waals surface area contributed by atoms with E-state index in [2.05, 4.69) is 24.0 Å². The van der Waals surface area contributed by atoms with E-state index in [0.29, 0.717) is 12.5 Å². The summed E-state index contributed by atoms with van der Waals surface area (Å²) in [6.07, 6.45) is 4.02. The Morgan fingerprint density at radius 1 is 1.04 bits per heavy atom. The summed E-state index contributed by atoms with van der Waals surface area (Å²) in [5.41, 5.74) is 2.36. The van der Waals surface area contributed by atoms with Gasteiger partial charge in [0.2, 0.25) is 5.91 Å². The molecule has 0 radical (unpaired) electrons. The minimum absolute atomic E-state index is 0.137. The van der Waals surface area contributed by atoms with Gasteiger partial charge in [-0.3, -0.25) is 4.79 Å². The molecule has 4 heteroatoms. The summed E-state index contributed by atoms with van der Waals surface area (Å²) in [4.78, 5) is 16.7. The maximum atomic E-state index is 13.2. The van der Waals surface area contributed by atoms with E-state index in [4.69, 9.17) is 0 Å². The van der Waals surface area contributed by atoms with Crippen LogP contribution in [0, 0.1) is 11.7 Å². The van der Waals surface area contributed by atoms with Gasteiger partial charge in [0.15, 0.2) is 0 Å². The molecular weight excluding hydrogens is 351 g/mol. The predicted molar refractivity (Wildman–Crippen MR) is 110 cm³/mol. The van der Waals surface area contributed by atoms with E-state index >= 15 is 0 Å². The first-order valence-electron chi connectivity index (χ1n) is 10.6. The van der Waals surface area contributed by atoms with Crippen LogP contribution in [0.25, 0.3) is 0 Å². The molecule has 0 bridgehead atoms. The van der Waals surface area contributed by atoms with Crippen LogP contribution in [0.15, 0.2) is 54.6 Å². The number of benzene rings is 2. The number of hydrogen-bond donors (Lipinski definition) is 1. The standard InChI is InChI=1S/C24H31FN2O/c1-2-3-15-27(19-20-7-5-4-6-8-20)24(28)22-13-16-26(17-14-22)18-21-9-11-23(25)12-10-21/h4-12,22H,2-3,13-19H2,1H3/p+1. The largest absolute Gasteiger partial charge is 0.338 e. The summed E-state index contributed by atoms with van der Waals surface area (Å²) in [5, 5.41) is 0. The van der Waals surface area contributed by atoms with Crippen LogP contribution in [-0.2, 0) is 17.9 Å². The Morgan fingerprint density at radius 3 is 2.36 bits per heavy atom. The quantitative estimate of drug-likeness (QED) is 0.742. The minimum Gasteiger partial charge on any atom is -0.338 e. The Balaban J connectivity index is 1.54. The number of carbonyl (C=O) groups is 1. The van der Waals surface area contributed by atoms with E-state index in [1.165, 1.54) is 22.6 Å². The van der Waals surface area contributed by atoms with Crippen molar-refractivity contribution in [3.05, 3.63) is 71.5 Å². The van der Waals surface area contributed by atoms with Gasteiger partial charge in [-0.25, -0.2) is 4.39 Å². The summed E-state index contributed by atoms with van der Waals surface area (Å²) in [6, 6.07) is 17.1. The zero-order chi connectivity index (χ0) is 19.8. The molecule has 1 aliphatic heterocycles. The second kappa shape index (κ2) is 10.4. The highest BCUT2D eigenvalue weighted by Crippen LogP contribution is 2.17. The van der Waals surface area contributed by atoms with E-state index in [-0.39, 0.29) is 11.7 Å². The molecule has 1 heterocycles. The fourth-order valence-corrected chi connectivity index (χ4v) is 4.02. The number of unbranched alkanes of at least 4 members (excludes halogenated alkanes) is 1. The topological polar surface area (TPSA) is 24.8 Å². The lowest BCUT2D eigenvalue weighted by Crippen LogP contribution is -3.11. The zero-order valence-electron chi connectivity index (χ0n) is 16.9. The highest BCUT2D eigenvalue weighted by Gasteiger charge is 2.30. The first kappa shape index (κ1) is 20.5. The van der Waals surface area contributed by atoms with E-state index < -0.39 is 0 Å². The molecule has 3 nitrogen and oxygen atoms in total. The van der Waals surface area contributed by atoms with Gasteiger partial charge in [0.05, 0.1) is 13.1 Å². The third kappa shape index (κ3) is 5.90. The zero-order valence-corrected chi connectivity index (χ0v) is 16.9. The van der Waals surface area contributed by atoms with Crippen LogP contribution in [0.2, 0.25) is 0 Å². The van der Waals surface area contributed by atoms with Crippen molar-refractivity contribution in [1.82, 2.24) is 4.90 Å². The van der Waals surface area contributed by atoms with Crippen LogP contribution in [0.1, 0.15) is 43.7 Å². The summed E-state index contributed by atoms with van der Waals surface area (Å²) in [5.74, 6) is 0.268. The number of carbonyl (C=O) groups excluding carboxylic acids is 1. The van der Waals surface area contributed by atoms with Gasteiger partial charge in [0, 0.05) is 37.4 Å². The van der Waals surface area contributed by atoms with Crippen molar-refractivity contribution >= 4 is 5.91 Å². The van der Waals surface area contributed by atoms with Crippen molar-refractivity contribution in [3.63, 3.8) is 0 Å². The van der Waals surface area contributed by atoms with Gasteiger partial charge < -0.3 is 9.80 Å². The van der Waals surface area contributed by atoms with E-state index in [0.717, 1.165) is 57.4 Å². The number of nitrogens with zero attached hydrogens (tertiary/aromatic N) is 1. The minimum atomic E-state index is -0.186. The molecule has 0 spiro atoms. The first-order valence-corrected chi connectivity index (χ1v) is 10.6. The lowest BCUT2D eigenvalue weighted by atomic mass is 9.94. The van der Waals surface area contributed by atoms with Crippen LogP contribution < -0.4 is 4.90 Å². The molecule has 0 aliphatic carbocycles. The summed E-state index contributed by atoms with van der Waals surface area (Å²) >= 11 is 0. The molecule has 0 atom stereocenters. The molecule has 0 saturated carbocycles. The van der Waals surface area contributed by atoms with Gasteiger partial charge >= 0.3 is 0 Å². The third-order valence-corrected chi connectivity index (χ3v) is 5.72. The number of likely N-dealkylation sites (tertiary alicyclic amines) is 1. The molecule has 1 fully saturated rings. The number of quaternary nitrogens is 1. The lowest BCUT2D eigenvalue weighted by molar-refractivity contribution is -0.919. The van der Waals surface area contributed by atoms with Crippen LogP contribution in [0.3, 0.4) is 0 Å². The molecule has 1 N–H and O–H groups in total. The number of rotatable bonds is 8. The molecule has 0 unspecified atom stereocenters. The van der Waals surface area contributed by atoms with Crippen molar-refractivity contribution in [3.8, 4) is 0 Å². The van der Waals surface area contributed by atoms with Gasteiger partial charge in [0.1, 0.15) is 12.4 Å². The highest BCUT2D eigenvalue weighted by molar-refractivity contribution is 5.78. The summed E-state index contributed by atoms with van der Waals surface area (Å²) < 4.78 is 13.1. The number of nitrogens with one attached hydrogen (secondary N) is 1. The summed E-state index contributed by atoms with van der Waals surface area (Å²) in [6.45, 7) is 6.63. The molecule has 0 aromatic heterocycles. The number of hydrogen-bond acceptors (Lipinski definition) is 1. The molecule has 1 amide bonds. The Labute approximate surface area is 168 Å². The normalized spacial score (nSPS) is 19.4. The van der Waals surface area contributed by atoms with Gasteiger partial charge in [0.25, 0.3) is 0 Å². The number of piperidine rings is 1. The maximum absolute atomic E-state index is 13.2. The maximum Gasteiger partial charge on any atom is 0.226 e. The average Bonchev–Trinajstić information content (AvgIpc) is 2.73. The Hall–Kier alpha value is -2.20. The third-order valence-electron chi connectivity index (χ3n) is 5.72. The van der Waals surface area contributed by atoms with Crippen molar-refractivity contribution in [2.24, 2.45) is 5.92 Å². The second-order valence-corrected chi connectivity index (χ2v) is 7.93. The van der Waals surface area contributed by atoms with Gasteiger partial charge in [-0.1, -0.05) is 55.8 Å². The fraction of sp³-hybridized carbons (Fsp3) is 0.458. The smallest absolute Gasteiger partial charge is 0.226 e. The molecule has 3 rings (SSSR count). The van der Waals surface area contributed by atoms with E-state index in [9.17, 15) is 9.18 Å². The van der Waals surface area contributed by atoms with E-state index in [1.54, 1.807) is 0 Å². The van der Waals surface area contributed by atoms with E-state index in [1.807, 2.05) is 30.3 Å². The van der Waals surface area contributed by atoms with Crippen molar-refractivity contribution in [2.45, 2.75) is 45.7 Å². The Morgan fingerprint density at radius 2 is 1.71 bits per heavy atom. The average molecular weight is 384 g/mol. The lowest BCUT2D eigenvalue weighted by Gasteiger charge is -2.32. The number of amides is 1. The van der Waals surface area contributed by atoms with Gasteiger partial charge in [-0.15, -0.1) is 0 Å². The Bertz CT molecular complexity index is 724. The van der Waals surface area contributed by atoms with Crippen LogP contribution in [0.5, 0.6) is 0 Å². The van der Waals surface area contributed by atoms with Crippen LogP contribution in [0.4, 0.5) is 4.39 Å². The van der Waals surface area contributed by atoms with Crippen molar-refractivity contribution in [2.75, 3.05) is 19.6 Å². The summed E-state index contributed by atoms with van der Waals surface area (Å²) in [7, 11) is 0. The first-order chi connectivity index (χ1) is 13.7. The second-order valence-electron chi connectivity index (χ2n) is 7.93. The van der Waals surface area contributed by atoms with Gasteiger partial charge in [-0.2, -0.15) is 0 Å². The highest BCUT2D eigenvalue weighted by atomic mass is 19.1. The SMILES string of the molecule is CCCCN(Cc1ccccc1)C(=O)C1CC[NH+](Cc2ccc(F)cc2)CC1. The van der Waals surface area contributed by atoms with Crippen molar-refractivity contribution in [1.29, 1.82) is 0 Å². The number of halogens is 1. The van der Waals surface area contributed by atoms with Crippen LogP contribution >= 0.6 is 0 Å². The predicted octanol–water partition coefficient (Wildman–Crippen LogP) is 3.45.